The van der Waals surface area contributed by atoms with Crippen molar-refractivity contribution in [2.45, 2.75) is 19.2 Å². The van der Waals surface area contributed by atoms with Crippen LogP contribution in [-0.2, 0) is 4.74 Å². The standard InChI is InChI=1S/C26H21NO2/c1-17-11-13-19(14-12-17)21-15-24-25(20-9-5-6-10-23(20)29-24)26-27(21)22(16-28-26)18-7-3-2-4-8-18/h2-15,22,26H,16H2,1H3/t22-,26-/m1/s1. The second kappa shape index (κ2) is 6.36. The van der Waals surface area contributed by atoms with Crippen molar-refractivity contribution in [3.8, 4) is 0 Å². The first kappa shape index (κ1) is 16.6. The van der Waals surface area contributed by atoms with Crippen LogP contribution in [0.25, 0.3) is 22.7 Å². The van der Waals surface area contributed by atoms with Crippen molar-refractivity contribution in [3.05, 3.63) is 107 Å². The third kappa shape index (κ3) is 2.55. The fraction of sp³-hybridized carbons (Fsp3) is 0.154. The number of nitrogens with zero attached hydrogens (tertiary/aromatic N) is 1. The van der Waals surface area contributed by atoms with Crippen molar-refractivity contribution in [2.75, 3.05) is 6.61 Å². The smallest absolute Gasteiger partial charge is 0.161 e. The van der Waals surface area contributed by atoms with Crippen LogP contribution in [0.4, 0.5) is 0 Å². The van der Waals surface area contributed by atoms with E-state index in [-0.39, 0.29) is 12.3 Å². The summed E-state index contributed by atoms with van der Waals surface area (Å²) in [6.45, 7) is 2.77. The SMILES string of the molecule is Cc1ccc(C2=Cc3oc4ccccc4c3[C@H]3OC[C@H](c4ccccc4)N23)cc1. The average molecular weight is 379 g/mol. The van der Waals surface area contributed by atoms with Gasteiger partial charge in [-0.25, -0.2) is 0 Å². The Bertz CT molecular complexity index is 1220. The van der Waals surface area contributed by atoms with Crippen molar-refractivity contribution >= 4 is 22.7 Å². The molecule has 1 saturated heterocycles. The van der Waals surface area contributed by atoms with Gasteiger partial charge in [0.2, 0.25) is 0 Å². The quantitative estimate of drug-likeness (QED) is 0.407. The molecular formula is C26H21NO2. The van der Waals surface area contributed by atoms with Crippen LogP contribution < -0.4 is 0 Å². The first-order valence-corrected chi connectivity index (χ1v) is 10.0. The van der Waals surface area contributed by atoms with E-state index >= 15 is 0 Å². The van der Waals surface area contributed by atoms with E-state index in [4.69, 9.17) is 9.15 Å². The fourth-order valence-corrected chi connectivity index (χ4v) is 4.56. The van der Waals surface area contributed by atoms with Gasteiger partial charge in [-0.3, -0.25) is 0 Å². The number of ether oxygens (including phenoxy) is 1. The molecular weight excluding hydrogens is 358 g/mol. The molecule has 6 rings (SSSR count). The Labute approximate surface area is 169 Å². The number of hydrogen-bond acceptors (Lipinski definition) is 3. The van der Waals surface area contributed by atoms with Crippen LogP contribution in [0, 0.1) is 6.92 Å². The lowest BCUT2D eigenvalue weighted by Crippen LogP contribution is -2.28. The largest absolute Gasteiger partial charge is 0.456 e. The Morgan fingerprint density at radius 3 is 2.45 bits per heavy atom. The summed E-state index contributed by atoms with van der Waals surface area (Å²) in [6.07, 6.45) is 2.03. The van der Waals surface area contributed by atoms with Crippen LogP contribution >= 0.6 is 0 Å². The maximum atomic E-state index is 6.42. The van der Waals surface area contributed by atoms with E-state index in [1.165, 1.54) is 16.7 Å². The molecule has 29 heavy (non-hydrogen) atoms. The monoisotopic (exact) mass is 379 g/mol. The summed E-state index contributed by atoms with van der Waals surface area (Å²) in [6, 6.07) is 27.7. The topological polar surface area (TPSA) is 25.6 Å². The van der Waals surface area contributed by atoms with Crippen molar-refractivity contribution in [1.82, 2.24) is 4.90 Å². The minimum Gasteiger partial charge on any atom is -0.456 e. The summed E-state index contributed by atoms with van der Waals surface area (Å²) in [5, 5.41) is 1.13. The second-order valence-corrected chi connectivity index (χ2v) is 7.79. The van der Waals surface area contributed by atoms with E-state index in [1.807, 2.05) is 12.1 Å². The number of benzene rings is 3. The van der Waals surface area contributed by atoms with Crippen LogP contribution in [0.1, 0.15) is 40.3 Å². The predicted molar refractivity (Wildman–Crippen MR) is 115 cm³/mol. The molecule has 0 N–H and O–H groups in total. The summed E-state index contributed by atoms with van der Waals surface area (Å²) < 4.78 is 12.6. The van der Waals surface area contributed by atoms with Crippen molar-refractivity contribution in [2.24, 2.45) is 0 Å². The minimum absolute atomic E-state index is 0.153. The van der Waals surface area contributed by atoms with Gasteiger partial charge in [0.1, 0.15) is 11.3 Å². The van der Waals surface area contributed by atoms with E-state index in [0.717, 1.165) is 28.0 Å². The lowest BCUT2D eigenvalue weighted by atomic mass is 9.97. The molecule has 3 nitrogen and oxygen atoms in total. The first-order valence-electron chi connectivity index (χ1n) is 10.0. The molecule has 0 bridgehead atoms. The van der Waals surface area contributed by atoms with Gasteiger partial charge in [-0.1, -0.05) is 78.4 Å². The van der Waals surface area contributed by atoms with E-state index < -0.39 is 0 Å². The summed E-state index contributed by atoms with van der Waals surface area (Å²) >= 11 is 0. The highest BCUT2D eigenvalue weighted by atomic mass is 16.5. The molecule has 142 valence electrons. The van der Waals surface area contributed by atoms with Crippen LogP contribution in [0.3, 0.4) is 0 Å². The molecule has 3 heterocycles. The molecule has 1 aromatic heterocycles. The third-order valence-electron chi connectivity index (χ3n) is 5.99. The lowest BCUT2D eigenvalue weighted by Gasteiger charge is -2.35. The molecule has 3 heteroatoms. The highest BCUT2D eigenvalue weighted by Crippen LogP contribution is 2.51. The van der Waals surface area contributed by atoms with Gasteiger partial charge in [0.15, 0.2) is 6.23 Å². The zero-order valence-corrected chi connectivity index (χ0v) is 16.2. The Balaban J connectivity index is 1.57. The van der Waals surface area contributed by atoms with Gasteiger partial charge >= 0.3 is 0 Å². The van der Waals surface area contributed by atoms with Gasteiger partial charge in [0.05, 0.1) is 23.9 Å². The normalized spacial score (nSPS) is 20.4. The second-order valence-electron chi connectivity index (χ2n) is 7.79. The fourth-order valence-electron chi connectivity index (χ4n) is 4.56. The third-order valence-corrected chi connectivity index (χ3v) is 5.99. The van der Waals surface area contributed by atoms with Crippen molar-refractivity contribution < 1.29 is 9.15 Å². The Hall–Kier alpha value is -3.30. The maximum absolute atomic E-state index is 6.42. The average Bonchev–Trinajstić information content (AvgIpc) is 3.36. The van der Waals surface area contributed by atoms with Gasteiger partial charge in [-0.15, -0.1) is 0 Å². The Morgan fingerprint density at radius 2 is 1.62 bits per heavy atom. The molecule has 3 aromatic carbocycles. The molecule has 2 aliphatic rings. The zero-order valence-electron chi connectivity index (χ0n) is 16.2. The molecule has 2 aliphatic heterocycles. The molecule has 2 atom stereocenters. The number of para-hydroxylation sites is 1. The molecule has 0 spiro atoms. The lowest BCUT2D eigenvalue weighted by molar-refractivity contribution is 0.0573. The Kier molecular flexibility index (Phi) is 3.65. The number of rotatable bonds is 2. The molecule has 0 amide bonds. The van der Waals surface area contributed by atoms with Crippen LogP contribution in [0.15, 0.2) is 83.3 Å². The molecule has 0 radical (unpaired) electrons. The molecule has 1 fully saturated rings. The molecule has 4 aromatic rings. The van der Waals surface area contributed by atoms with Gasteiger partial charge in [-0.05, 0) is 24.1 Å². The molecule has 0 aliphatic carbocycles. The highest BCUT2D eigenvalue weighted by molar-refractivity contribution is 5.91. The predicted octanol–water partition coefficient (Wildman–Crippen LogP) is 6.33. The zero-order chi connectivity index (χ0) is 19.4. The van der Waals surface area contributed by atoms with E-state index in [1.54, 1.807) is 0 Å². The summed E-state index contributed by atoms with van der Waals surface area (Å²) in [7, 11) is 0. The van der Waals surface area contributed by atoms with Crippen LogP contribution in [0.2, 0.25) is 0 Å². The first-order chi connectivity index (χ1) is 14.3. The van der Waals surface area contributed by atoms with Gasteiger partial charge in [-0.2, -0.15) is 0 Å². The van der Waals surface area contributed by atoms with Crippen molar-refractivity contribution in [1.29, 1.82) is 0 Å². The summed E-state index contributed by atoms with van der Waals surface area (Å²) in [4.78, 5) is 2.42. The van der Waals surface area contributed by atoms with E-state index in [0.29, 0.717) is 6.61 Å². The van der Waals surface area contributed by atoms with Crippen LogP contribution in [-0.4, -0.2) is 11.5 Å². The number of fused-ring (bicyclic) bond motifs is 5. The van der Waals surface area contributed by atoms with Gasteiger partial charge in [0.25, 0.3) is 0 Å². The van der Waals surface area contributed by atoms with Crippen LogP contribution in [0.5, 0.6) is 0 Å². The maximum Gasteiger partial charge on any atom is 0.161 e. The molecule has 0 saturated carbocycles. The van der Waals surface area contributed by atoms with E-state index in [9.17, 15) is 0 Å². The Morgan fingerprint density at radius 1 is 0.862 bits per heavy atom. The number of hydrogen-bond donors (Lipinski definition) is 0. The minimum atomic E-state index is -0.153. The van der Waals surface area contributed by atoms with Gasteiger partial charge < -0.3 is 14.1 Å². The van der Waals surface area contributed by atoms with Gasteiger partial charge in [0, 0.05) is 11.5 Å². The summed E-state index contributed by atoms with van der Waals surface area (Å²) in [5.41, 5.74) is 6.89. The van der Waals surface area contributed by atoms with E-state index in [2.05, 4.69) is 84.6 Å². The highest BCUT2D eigenvalue weighted by Gasteiger charge is 2.43. The number of furan rings is 1. The number of aryl methyl sites for hydroxylation is 1. The molecule has 0 unspecified atom stereocenters. The van der Waals surface area contributed by atoms with Crippen molar-refractivity contribution in [3.63, 3.8) is 0 Å². The summed E-state index contributed by atoms with van der Waals surface area (Å²) in [5.74, 6) is 0.900.